The van der Waals surface area contributed by atoms with Crippen LogP contribution in [0.5, 0.6) is 0 Å². The number of nitrogens with one attached hydrogen (secondary N) is 1. The van der Waals surface area contributed by atoms with E-state index < -0.39 is 0 Å². The van der Waals surface area contributed by atoms with Gasteiger partial charge >= 0.3 is 0 Å². The molecule has 0 heterocycles. The van der Waals surface area contributed by atoms with Gasteiger partial charge in [-0.1, -0.05) is 0 Å². The van der Waals surface area contributed by atoms with Crippen molar-refractivity contribution in [2.24, 2.45) is 0 Å². The molecule has 1 rings (SSSR count). The summed E-state index contributed by atoms with van der Waals surface area (Å²) < 4.78 is 0. The van der Waals surface area contributed by atoms with Gasteiger partial charge in [-0.2, -0.15) is 0 Å². The van der Waals surface area contributed by atoms with Gasteiger partial charge in [0, 0.05) is 26.3 Å². The third kappa shape index (κ3) is 2.53. The van der Waals surface area contributed by atoms with Gasteiger partial charge in [0.05, 0.1) is 18.0 Å². The van der Waals surface area contributed by atoms with Gasteiger partial charge in [0.2, 0.25) is 0 Å². The summed E-state index contributed by atoms with van der Waals surface area (Å²) in [6.07, 6.45) is 0. The molecule has 14 heavy (non-hydrogen) atoms. The highest BCUT2D eigenvalue weighted by Crippen LogP contribution is 2.24. The van der Waals surface area contributed by atoms with Crippen LogP contribution < -0.4 is 16.0 Å². The van der Waals surface area contributed by atoms with Crippen molar-refractivity contribution in [2.75, 3.05) is 43.2 Å². The van der Waals surface area contributed by atoms with Gasteiger partial charge in [0.1, 0.15) is 0 Å². The smallest absolute Gasteiger partial charge is 0.0604 e. The number of aliphatic hydroxyl groups is 1. The van der Waals surface area contributed by atoms with Gasteiger partial charge < -0.3 is 21.1 Å². The summed E-state index contributed by atoms with van der Waals surface area (Å²) in [5, 5.41) is 11.7. The fourth-order valence-corrected chi connectivity index (χ4v) is 1.27. The predicted octanol–water partition coefficient (Wildman–Crippen LogP) is 0.739. The van der Waals surface area contributed by atoms with E-state index in [1.807, 2.05) is 37.2 Å². The zero-order chi connectivity index (χ0) is 10.6. The van der Waals surface area contributed by atoms with Crippen molar-refractivity contribution >= 4 is 17.1 Å². The molecule has 0 spiro atoms. The second kappa shape index (κ2) is 4.72. The van der Waals surface area contributed by atoms with Crippen molar-refractivity contribution in [3.8, 4) is 0 Å². The molecule has 0 saturated carbocycles. The second-order valence-corrected chi connectivity index (χ2v) is 3.32. The lowest BCUT2D eigenvalue weighted by Crippen LogP contribution is -2.12. The van der Waals surface area contributed by atoms with Gasteiger partial charge in [0.15, 0.2) is 0 Å². The molecular formula is C10H17N3O. The molecule has 0 radical (unpaired) electrons. The number of anilines is 3. The fraction of sp³-hybridized carbons (Fsp3) is 0.400. The minimum absolute atomic E-state index is 0.120. The maximum Gasteiger partial charge on any atom is 0.0604 e. The van der Waals surface area contributed by atoms with Gasteiger partial charge in [-0.3, -0.25) is 0 Å². The molecule has 4 nitrogen and oxygen atoms in total. The van der Waals surface area contributed by atoms with Crippen molar-refractivity contribution in [2.45, 2.75) is 0 Å². The average molecular weight is 195 g/mol. The molecular weight excluding hydrogens is 178 g/mol. The lowest BCUT2D eigenvalue weighted by atomic mass is 10.2. The van der Waals surface area contributed by atoms with Gasteiger partial charge in [-0.05, 0) is 18.2 Å². The quantitative estimate of drug-likeness (QED) is 0.620. The number of hydrogen-bond acceptors (Lipinski definition) is 4. The van der Waals surface area contributed by atoms with Crippen LogP contribution in [0.2, 0.25) is 0 Å². The van der Waals surface area contributed by atoms with E-state index in [9.17, 15) is 0 Å². The Labute approximate surface area is 84.3 Å². The molecule has 0 amide bonds. The maximum atomic E-state index is 8.64. The lowest BCUT2D eigenvalue weighted by Gasteiger charge is -2.16. The molecule has 0 unspecified atom stereocenters. The first kappa shape index (κ1) is 10.7. The van der Waals surface area contributed by atoms with Crippen molar-refractivity contribution in [1.29, 1.82) is 0 Å². The normalized spacial score (nSPS) is 9.93. The first-order valence-electron chi connectivity index (χ1n) is 4.56. The molecule has 0 fully saturated rings. The maximum absolute atomic E-state index is 8.64. The third-order valence-corrected chi connectivity index (χ3v) is 1.95. The number of rotatable bonds is 4. The molecule has 78 valence electrons. The zero-order valence-electron chi connectivity index (χ0n) is 8.62. The standard InChI is InChI=1S/C10H17N3O/c1-13(2)10-4-3-8(7-9(10)11)12-5-6-14/h3-4,7,12,14H,5-6,11H2,1-2H3. The highest BCUT2D eigenvalue weighted by atomic mass is 16.3. The van der Waals surface area contributed by atoms with E-state index >= 15 is 0 Å². The van der Waals surface area contributed by atoms with Gasteiger partial charge in [0.25, 0.3) is 0 Å². The number of nitrogens with two attached hydrogens (primary N) is 1. The van der Waals surface area contributed by atoms with Gasteiger partial charge in [-0.25, -0.2) is 0 Å². The molecule has 0 bridgehead atoms. The molecule has 0 aliphatic carbocycles. The Kier molecular flexibility index (Phi) is 3.59. The minimum atomic E-state index is 0.120. The summed E-state index contributed by atoms with van der Waals surface area (Å²) in [7, 11) is 3.90. The number of nitrogen functional groups attached to an aromatic ring is 1. The minimum Gasteiger partial charge on any atom is -0.397 e. The summed E-state index contributed by atoms with van der Waals surface area (Å²) in [6.45, 7) is 0.663. The highest BCUT2D eigenvalue weighted by Gasteiger charge is 2.01. The Morgan fingerprint density at radius 3 is 2.64 bits per heavy atom. The molecule has 1 aromatic carbocycles. The first-order valence-corrected chi connectivity index (χ1v) is 4.56. The van der Waals surface area contributed by atoms with Crippen LogP contribution in [0.4, 0.5) is 17.1 Å². The SMILES string of the molecule is CN(C)c1ccc(NCCO)cc1N. The third-order valence-electron chi connectivity index (χ3n) is 1.95. The molecule has 4 N–H and O–H groups in total. The number of nitrogens with zero attached hydrogens (tertiary/aromatic N) is 1. The monoisotopic (exact) mass is 195 g/mol. The second-order valence-electron chi connectivity index (χ2n) is 3.32. The van der Waals surface area contributed by atoms with Crippen LogP contribution in [0.3, 0.4) is 0 Å². The fourth-order valence-electron chi connectivity index (χ4n) is 1.27. The van der Waals surface area contributed by atoms with E-state index in [-0.39, 0.29) is 6.61 Å². The number of benzene rings is 1. The van der Waals surface area contributed by atoms with Crippen LogP contribution in [-0.2, 0) is 0 Å². The topological polar surface area (TPSA) is 61.5 Å². The van der Waals surface area contributed by atoms with Crippen molar-refractivity contribution in [3.05, 3.63) is 18.2 Å². The summed E-state index contributed by atoms with van der Waals surface area (Å²) in [5.74, 6) is 0. The summed E-state index contributed by atoms with van der Waals surface area (Å²) in [4.78, 5) is 1.96. The Bertz CT molecular complexity index is 299. The van der Waals surface area contributed by atoms with Crippen LogP contribution in [-0.4, -0.2) is 32.4 Å². The average Bonchev–Trinajstić information content (AvgIpc) is 2.14. The van der Waals surface area contributed by atoms with E-state index in [2.05, 4.69) is 5.32 Å². The summed E-state index contributed by atoms with van der Waals surface area (Å²) in [6, 6.07) is 5.77. The molecule has 0 saturated heterocycles. The molecule has 0 aliphatic heterocycles. The van der Waals surface area contributed by atoms with E-state index in [4.69, 9.17) is 10.8 Å². The van der Waals surface area contributed by atoms with Crippen LogP contribution in [0.25, 0.3) is 0 Å². The van der Waals surface area contributed by atoms with Crippen LogP contribution in [0, 0.1) is 0 Å². The number of aliphatic hydroxyl groups excluding tert-OH is 1. The molecule has 0 aliphatic rings. The van der Waals surface area contributed by atoms with Crippen molar-refractivity contribution < 1.29 is 5.11 Å². The highest BCUT2D eigenvalue weighted by molar-refractivity contribution is 5.72. The summed E-state index contributed by atoms with van der Waals surface area (Å²) in [5.41, 5.74) is 8.52. The summed E-state index contributed by atoms with van der Waals surface area (Å²) >= 11 is 0. The molecule has 0 aromatic heterocycles. The Morgan fingerprint density at radius 1 is 1.43 bits per heavy atom. The van der Waals surface area contributed by atoms with Crippen LogP contribution >= 0.6 is 0 Å². The van der Waals surface area contributed by atoms with E-state index in [1.54, 1.807) is 0 Å². The van der Waals surface area contributed by atoms with E-state index in [0.717, 1.165) is 17.1 Å². The zero-order valence-corrected chi connectivity index (χ0v) is 8.62. The van der Waals surface area contributed by atoms with Gasteiger partial charge in [-0.15, -0.1) is 0 Å². The van der Waals surface area contributed by atoms with E-state index in [1.165, 1.54) is 0 Å². The molecule has 4 heteroatoms. The largest absolute Gasteiger partial charge is 0.397 e. The lowest BCUT2D eigenvalue weighted by molar-refractivity contribution is 0.311. The number of hydrogen-bond donors (Lipinski definition) is 3. The Hall–Kier alpha value is -1.42. The van der Waals surface area contributed by atoms with E-state index in [0.29, 0.717) is 6.54 Å². The predicted molar refractivity (Wildman–Crippen MR) is 60.8 cm³/mol. The molecule has 0 atom stereocenters. The van der Waals surface area contributed by atoms with Crippen molar-refractivity contribution in [3.63, 3.8) is 0 Å². The Balaban J connectivity index is 2.78. The van der Waals surface area contributed by atoms with Crippen LogP contribution in [0.15, 0.2) is 18.2 Å². The molecule has 1 aromatic rings. The van der Waals surface area contributed by atoms with Crippen molar-refractivity contribution in [1.82, 2.24) is 0 Å². The Morgan fingerprint density at radius 2 is 2.14 bits per heavy atom. The van der Waals surface area contributed by atoms with Crippen LogP contribution in [0.1, 0.15) is 0 Å². The first-order chi connectivity index (χ1) is 6.65.